The first-order valence-electron chi connectivity index (χ1n) is 5.56. The van der Waals surface area contributed by atoms with Gasteiger partial charge in [0.25, 0.3) is 0 Å². The van der Waals surface area contributed by atoms with Crippen molar-refractivity contribution in [3.63, 3.8) is 0 Å². The summed E-state index contributed by atoms with van der Waals surface area (Å²) in [6, 6.07) is 5.79. The van der Waals surface area contributed by atoms with E-state index in [-0.39, 0.29) is 5.54 Å². The van der Waals surface area contributed by atoms with Crippen LogP contribution in [0.2, 0.25) is 5.02 Å². The number of halogens is 1. The van der Waals surface area contributed by atoms with Gasteiger partial charge in [-0.3, -0.25) is 0 Å². The lowest BCUT2D eigenvalue weighted by atomic mass is 9.84. The summed E-state index contributed by atoms with van der Waals surface area (Å²) in [6.45, 7) is 3.08. The molecule has 16 heavy (non-hydrogen) atoms. The Morgan fingerprint density at radius 2 is 2.25 bits per heavy atom. The van der Waals surface area contributed by atoms with E-state index in [1.807, 2.05) is 18.2 Å². The smallest absolute Gasteiger partial charge is 0.124 e. The Labute approximate surface area is 99.7 Å². The molecule has 0 amide bonds. The summed E-state index contributed by atoms with van der Waals surface area (Å²) in [5.41, 5.74) is 1.03. The zero-order valence-electron chi connectivity index (χ0n) is 8.96. The average Bonchev–Trinajstić information content (AvgIpc) is 2.32. The van der Waals surface area contributed by atoms with Crippen molar-refractivity contribution in [2.45, 2.75) is 12.0 Å². The van der Waals surface area contributed by atoms with Gasteiger partial charge in [-0.2, -0.15) is 0 Å². The molecule has 0 aromatic heterocycles. The molecule has 3 nitrogen and oxygen atoms in total. The number of morpholine rings is 1. The van der Waals surface area contributed by atoms with E-state index in [9.17, 15) is 0 Å². The molecule has 2 aliphatic rings. The molecule has 4 heteroatoms. The normalized spacial score (nSPS) is 28.6. The molecule has 3 rings (SSSR count). The first kappa shape index (κ1) is 10.4. The van der Waals surface area contributed by atoms with E-state index in [2.05, 4.69) is 5.32 Å². The quantitative estimate of drug-likeness (QED) is 0.751. The number of rotatable bonds is 0. The van der Waals surface area contributed by atoms with Gasteiger partial charge in [0.05, 0.1) is 25.4 Å². The molecule has 1 atom stereocenters. The molecule has 1 aromatic carbocycles. The number of hydrogen-bond acceptors (Lipinski definition) is 3. The maximum Gasteiger partial charge on any atom is 0.124 e. The standard InChI is InChI=1S/C12H14ClNO2/c13-9-1-2-11-10(7-9)12(3-5-16-11)8-15-6-4-14-12/h1-2,7,14H,3-6,8H2/t12-/m1/s1. The molecule has 0 radical (unpaired) electrons. The maximum absolute atomic E-state index is 6.05. The summed E-state index contributed by atoms with van der Waals surface area (Å²) in [6.07, 6.45) is 0.931. The lowest BCUT2D eigenvalue weighted by Gasteiger charge is -2.42. The maximum atomic E-state index is 6.05. The van der Waals surface area contributed by atoms with Gasteiger partial charge in [0, 0.05) is 23.6 Å². The molecule has 2 aliphatic heterocycles. The van der Waals surface area contributed by atoms with E-state index in [4.69, 9.17) is 21.1 Å². The van der Waals surface area contributed by atoms with E-state index in [1.54, 1.807) is 0 Å². The number of hydrogen-bond donors (Lipinski definition) is 1. The molecule has 86 valence electrons. The molecule has 0 aliphatic carbocycles. The second-order valence-electron chi connectivity index (χ2n) is 4.30. The van der Waals surface area contributed by atoms with Crippen molar-refractivity contribution in [1.82, 2.24) is 5.32 Å². The Balaban J connectivity index is 2.06. The van der Waals surface area contributed by atoms with Crippen LogP contribution in [0.5, 0.6) is 5.75 Å². The molecular formula is C12H14ClNO2. The highest BCUT2D eigenvalue weighted by Crippen LogP contribution is 2.39. The molecule has 1 N–H and O–H groups in total. The fourth-order valence-electron chi connectivity index (χ4n) is 2.47. The molecule has 0 bridgehead atoms. The molecule has 0 unspecified atom stereocenters. The minimum absolute atomic E-state index is 0.100. The predicted octanol–water partition coefficient (Wildman–Crippen LogP) is 1.94. The Kier molecular flexibility index (Phi) is 2.54. The molecular weight excluding hydrogens is 226 g/mol. The van der Waals surface area contributed by atoms with Gasteiger partial charge in [-0.25, -0.2) is 0 Å². The highest BCUT2D eigenvalue weighted by molar-refractivity contribution is 6.30. The average molecular weight is 240 g/mol. The number of ether oxygens (including phenoxy) is 2. The van der Waals surface area contributed by atoms with Crippen LogP contribution in [0.1, 0.15) is 12.0 Å². The summed E-state index contributed by atoms with van der Waals surface area (Å²) in [7, 11) is 0. The van der Waals surface area contributed by atoms with E-state index < -0.39 is 0 Å². The van der Waals surface area contributed by atoms with E-state index in [1.165, 1.54) is 0 Å². The SMILES string of the molecule is Clc1ccc2c(c1)[C@@]1(CCO2)COCCN1. The zero-order valence-corrected chi connectivity index (χ0v) is 9.72. The molecule has 1 aromatic rings. The van der Waals surface area contributed by atoms with Gasteiger partial charge in [0.15, 0.2) is 0 Å². The van der Waals surface area contributed by atoms with Crippen molar-refractivity contribution in [2.24, 2.45) is 0 Å². The lowest BCUT2D eigenvalue weighted by molar-refractivity contribution is 0.00565. The minimum Gasteiger partial charge on any atom is -0.493 e. The van der Waals surface area contributed by atoms with E-state index in [0.29, 0.717) is 6.61 Å². The van der Waals surface area contributed by atoms with Crippen LogP contribution in [-0.4, -0.2) is 26.4 Å². The fraction of sp³-hybridized carbons (Fsp3) is 0.500. The van der Waals surface area contributed by atoms with Crippen molar-refractivity contribution in [1.29, 1.82) is 0 Å². The third-order valence-corrected chi connectivity index (χ3v) is 3.54. The summed E-state index contributed by atoms with van der Waals surface area (Å²) in [4.78, 5) is 0. The predicted molar refractivity (Wildman–Crippen MR) is 62.1 cm³/mol. The van der Waals surface area contributed by atoms with Crippen LogP contribution >= 0.6 is 11.6 Å². The van der Waals surface area contributed by atoms with Crippen LogP contribution in [0, 0.1) is 0 Å². The Hall–Kier alpha value is -0.770. The fourth-order valence-corrected chi connectivity index (χ4v) is 2.64. The first-order valence-corrected chi connectivity index (χ1v) is 5.94. The molecule has 2 heterocycles. The summed E-state index contributed by atoms with van der Waals surface area (Å²) in [5.74, 6) is 0.925. The third kappa shape index (κ3) is 1.59. The molecule has 1 saturated heterocycles. The lowest BCUT2D eigenvalue weighted by Crippen LogP contribution is -2.54. The van der Waals surface area contributed by atoms with Gasteiger partial charge in [-0.05, 0) is 18.2 Å². The van der Waals surface area contributed by atoms with Crippen LogP contribution in [0.15, 0.2) is 18.2 Å². The topological polar surface area (TPSA) is 30.5 Å². The van der Waals surface area contributed by atoms with Gasteiger partial charge in [0.2, 0.25) is 0 Å². The van der Waals surface area contributed by atoms with Crippen LogP contribution in [0.4, 0.5) is 0 Å². The first-order chi connectivity index (χ1) is 7.80. The summed E-state index contributed by atoms with van der Waals surface area (Å²) >= 11 is 6.05. The zero-order chi connectivity index (χ0) is 11.0. The van der Waals surface area contributed by atoms with Gasteiger partial charge in [-0.15, -0.1) is 0 Å². The van der Waals surface area contributed by atoms with Crippen molar-refractivity contribution in [3.8, 4) is 5.75 Å². The van der Waals surface area contributed by atoms with Crippen molar-refractivity contribution in [2.75, 3.05) is 26.4 Å². The number of nitrogens with one attached hydrogen (secondary N) is 1. The van der Waals surface area contributed by atoms with Crippen LogP contribution < -0.4 is 10.1 Å². The summed E-state index contributed by atoms with van der Waals surface area (Å²) < 4.78 is 11.3. The van der Waals surface area contributed by atoms with Gasteiger partial charge in [0.1, 0.15) is 5.75 Å². The van der Waals surface area contributed by atoms with Crippen molar-refractivity contribution < 1.29 is 9.47 Å². The molecule has 1 spiro atoms. The second kappa shape index (κ2) is 3.91. The van der Waals surface area contributed by atoms with Gasteiger partial charge in [-0.1, -0.05) is 11.6 Å². The molecule has 1 fully saturated rings. The minimum atomic E-state index is -0.100. The third-order valence-electron chi connectivity index (χ3n) is 3.30. The van der Waals surface area contributed by atoms with Crippen LogP contribution in [0.3, 0.4) is 0 Å². The van der Waals surface area contributed by atoms with Gasteiger partial charge >= 0.3 is 0 Å². The second-order valence-corrected chi connectivity index (χ2v) is 4.74. The van der Waals surface area contributed by atoms with Gasteiger partial charge < -0.3 is 14.8 Å². The Morgan fingerprint density at radius 1 is 1.31 bits per heavy atom. The number of benzene rings is 1. The number of fused-ring (bicyclic) bond motifs is 2. The monoisotopic (exact) mass is 239 g/mol. The molecule has 0 saturated carbocycles. The van der Waals surface area contributed by atoms with E-state index in [0.717, 1.165) is 42.5 Å². The van der Waals surface area contributed by atoms with Crippen molar-refractivity contribution >= 4 is 11.6 Å². The van der Waals surface area contributed by atoms with Crippen LogP contribution in [-0.2, 0) is 10.3 Å². The van der Waals surface area contributed by atoms with Crippen molar-refractivity contribution in [3.05, 3.63) is 28.8 Å². The highest BCUT2D eigenvalue weighted by Gasteiger charge is 2.39. The van der Waals surface area contributed by atoms with Crippen LogP contribution in [0.25, 0.3) is 0 Å². The largest absolute Gasteiger partial charge is 0.493 e. The Morgan fingerprint density at radius 3 is 3.06 bits per heavy atom. The Bertz CT molecular complexity index is 402. The van der Waals surface area contributed by atoms with E-state index >= 15 is 0 Å². The summed E-state index contributed by atoms with van der Waals surface area (Å²) in [5, 5.41) is 4.30. The highest BCUT2D eigenvalue weighted by atomic mass is 35.5.